The highest BCUT2D eigenvalue weighted by Gasteiger charge is 2.27. The topological polar surface area (TPSA) is 30.0 Å². The summed E-state index contributed by atoms with van der Waals surface area (Å²) < 4.78 is 0. The molecule has 96 valence electrons. The summed E-state index contributed by atoms with van der Waals surface area (Å²) in [5.74, 6) is 0.0197. The van der Waals surface area contributed by atoms with Crippen molar-refractivity contribution in [2.24, 2.45) is 0 Å². The molecule has 0 saturated heterocycles. The lowest BCUT2D eigenvalue weighted by Gasteiger charge is -2.20. The van der Waals surface area contributed by atoms with Crippen LogP contribution in [0.1, 0.15) is 21.6 Å². The lowest BCUT2D eigenvalue weighted by atomic mass is 9.84. The fraction of sp³-hybridized carbons (Fsp3) is 0.0588. The monoisotopic (exact) mass is 279 g/mol. The number of hydrogen-bond acceptors (Lipinski definition) is 2. The van der Waals surface area contributed by atoms with E-state index in [4.69, 9.17) is 11.6 Å². The van der Waals surface area contributed by atoms with Crippen molar-refractivity contribution in [2.45, 2.75) is 6.92 Å². The van der Waals surface area contributed by atoms with Gasteiger partial charge in [0.05, 0.1) is 5.52 Å². The third-order valence-electron chi connectivity index (χ3n) is 3.73. The van der Waals surface area contributed by atoms with Gasteiger partial charge in [0.15, 0.2) is 5.78 Å². The SMILES string of the molecule is Cc1cc2c3c(cccc3n1)C(=O)c1cccc(Cl)c1-2. The van der Waals surface area contributed by atoms with Gasteiger partial charge in [-0.1, -0.05) is 35.9 Å². The van der Waals surface area contributed by atoms with Gasteiger partial charge in [0, 0.05) is 32.8 Å². The molecule has 0 spiro atoms. The first-order chi connectivity index (χ1) is 9.66. The normalized spacial score (nSPS) is 12.6. The van der Waals surface area contributed by atoms with Crippen molar-refractivity contribution >= 4 is 28.3 Å². The largest absolute Gasteiger partial charge is 0.289 e. The number of carbonyl (C=O) groups excluding carboxylic acids is 1. The van der Waals surface area contributed by atoms with Gasteiger partial charge in [-0.05, 0) is 30.7 Å². The Labute approximate surface area is 121 Å². The molecule has 20 heavy (non-hydrogen) atoms. The van der Waals surface area contributed by atoms with Gasteiger partial charge in [-0.15, -0.1) is 0 Å². The Balaban J connectivity index is 2.29. The van der Waals surface area contributed by atoms with E-state index in [1.807, 2.05) is 49.4 Å². The predicted octanol–water partition coefficient (Wildman–Crippen LogP) is 4.41. The maximum atomic E-state index is 12.6. The molecule has 0 bridgehead atoms. The Morgan fingerprint density at radius 3 is 2.60 bits per heavy atom. The molecule has 1 aliphatic carbocycles. The molecule has 0 aliphatic heterocycles. The second-order valence-corrected chi connectivity index (χ2v) is 5.41. The maximum Gasteiger partial charge on any atom is 0.194 e. The van der Waals surface area contributed by atoms with Crippen molar-refractivity contribution < 1.29 is 4.79 Å². The molecule has 4 rings (SSSR count). The zero-order chi connectivity index (χ0) is 13.9. The molecule has 0 atom stereocenters. The van der Waals surface area contributed by atoms with Crippen LogP contribution in [-0.2, 0) is 0 Å². The highest BCUT2D eigenvalue weighted by molar-refractivity contribution is 6.37. The van der Waals surface area contributed by atoms with Gasteiger partial charge in [-0.3, -0.25) is 9.78 Å². The number of pyridine rings is 1. The average Bonchev–Trinajstić information content (AvgIpc) is 2.43. The van der Waals surface area contributed by atoms with Gasteiger partial charge < -0.3 is 0 Å². The van der Waals surface area contributed by atoms with Crippen LogP contribution in [0.5, 0.6) is 0 Å². The van der Waals surface area contributed by atoms with Crippen LogP contribution in [0, 0.1) is 6.92 Å². The molecular weight excluding hydrogens is 270 g/mol. The predicted molar refractivity (Wildman–Crippen MR) is 80.4 cm³/mol. The highest BCUT2D eigenvalue weighted by atomic mass is 35.5. The molecule has 1 aliphatic rings. The first-order valence-electron chi connectivity index (χ1n) is 6.41. The van der Waals surface area contributed by atoms with Crippen LogP contribution in [-0.4, -0.2) is 10.8 Å². The van der Waals surface area contributed by atoms with E-state index in [9.17, 15) is 4.79 Å². The lowest BCUT2D eigenvalue weighted by Crippen LogP contribution is -2.11. The van der Waals surface area contributed by atoms with Crippen LogP contribution >= 0.6 is 11.6 Å². The van der Waals surface area contributed by atoms with E-state index in [1.165, 1.54) is 0 Å². The number of aromatic nitrogens is 1. The molecule has 2 aromatic carbocycles. The van der Waals surface area contributed by atoms with E-state index in [0.717, 1.165) is 27.7 Å². The van der Waals surface area contributed by atoms with Gasteiger partial charge in [-0.25, -0.2) is 0 Å². The number of nitrogens with zero attached hydrogens (tertiary/aromatic N) is 1. The first kappa shape index (κ1) is 11.6. The van der Waals surface area contributed by atoms with Crippen LogP contribution in [0.2, 0.25) is 5.02 Å². The van der Waals surface area contributed by atoms with Gasteiger partial charge >= 0.3 is 0 Å². The molecule has 1 aromatic heterocycles. The quantitative estimate of drug-likeness (QED) is 0.477. The summed E-state index contributed by atoms with van der Waals surface area (Å²) in [5.41, 5.74) is 4.97. The highest BCUT2D eigenvalue weighted by Crippen LogP contribution is 2.42. The van der Waals surface area contributed by atoms with E-state index in [2.05, 4.69) is 4.98 Å². The molecule has 1 heterocycles. The minimum absolute atomic E-state index is 0.0197. The minimum atomic E-state index is 0.0197. The van der Waals surface area contributed by atoms with Crippen molar-refractivity contribution in [3.63, 3.8) is 0 Å². The van der Waals surface area contributed by atoms with E-state index in [1.54, 1.807) is 0 Å². The van der Waals surface area contributed by atoms with Gasteiger partial charge in [0.1, 0.15) is 0 Å². The van der Waals surface area contributed by atoms with Crippen LogP contribution in [0.3, 0.4) is 0 Å². The molecular formula is C17H10ClNO. The Hall–Kier alpha value is -2.19. The standard InChI is InChI=1S/C17H10ClNO/c1-9-8-12-15-10(4-2-6-13(15)18)17(20)11-5-3-7-14(19-9)16(11)12/h2-8H,1H3. The fourth-order valence-electron chi connectivity index (χ4n) is 2.94. The summed E-state index contributed by atoms with van der Waals surface area (Å²) in [5, 5.41) is 1.51. The molecule has 0 saturated carbocycles. The molecule has 0 fully saturated rings. The van der Waals surface area contributed by atoms with Crippen molar-refractivity contribution in [3.05, 3.63) is 64.3 Å². The summed E-state index contributed by atoms with van der Waals surface area (Å²) in [4.78, 5) is 17.2. The maximum absolute atomic E-state index is 12.6. The number of fused-ring (bicyclic) bond motifs is 2. The van der Waals surface area contributed by atoms with Crippen molar-refractivity contribution in [1.82, 2.24) is 4.98 Å². The number of benzene rings is 2. The van der Waals surface area contributed by atoms with Gasteiger partial charge in [-0.2, -0.15) is 0 Å². The number of carbonyl (C=O) groups is 1. The molecule has 0 unspecified atom stereocenters. The van der Waals surface area contributed by atoms with Gasteiger partial charge in [0.25, 0.3) is 0 Å². The number of rotatable bonds is 0. The summed E-state index contributed by atoms with van der Waals surface area (Å²) in [6, 6.07) is 13.1. The van der Waals surface area contributed by atoms with Crippen LogP contribution in [0.25, 0.3) is 22.0 Å². The lowest BCUT2D eigenvalue weighted by molar-refractivity contribution is 0.104. The molecule has 2 nitrogen and oxygen atoms in total. The summed E-state index contributed by atoms with van der Waals surface area (Å²) >= 11 is 6.34. The number of hydrogen-bond donors (Lipinski definition) is 0. The van der Waals surface area contributed by atoms with E-state index >= 15 is 0 Å². The van der Waals surface area contributed by atoms with E-state index in [-0.39, 0.29) is 5.78 Å². The zero-order valence-electron chi connectivity index (χ0n) is 10.8. The summed E-state index contributed by atoms with van der Waals surface area (Å²) in [6.07, 6.45) is 0. The fourth-order valence-corrected chi connectivity index (χ4v) is 3.21. The number of halogens is 1. The third-order valence-corrected chi connectivity index (χ3v) is 4.05. The Morgan fingerprint density at radius 1 is 1.00 bits per heavy atom. The van der Waals surface area contributed by atoms with Crippen LogP contribution in [0.4, 0.5) is 0 Å². The third kappa shape index (κ3) is 1.40. The minimum Gasteiger partial charge on any atom is -0.289 e. The smallest absolute Gasteiger partial charge is 0.194 e. The van der Waals surface area contributed by atoms with Gasteiger partial charge in [0.2, 0.25) is 0 Å². The van der Waals surface area contributed by atoms with E-state index in [0.29, 0.717) is 16.1 Å². The average molecular weight is 280 g/mol. The zero-order valence-corrected chi connectivity index (χ0v) is 11.5. The number of ketones is 1. The molecule has 0 N–H and O–H groups in total. The Kier molecular flexibility index (Phi) is 2.27. The molecule has 3 heteroatoms. The second-order valence-electron chi connectivity index (χ2n) is 5.00. The molecule has 0 radical (unpaired) electrons. The summed E-state index contributed by atoms with van der Waals surface area (Å²) in [6.45, 7) is 1.95. The van der Waals surface area contributed by atoms with E-state index < -0.39 is 0 Å². The van der Waals surface area contributed by atoms with Crippen molar-refractivity contribution in [3.8, 4) is 11.1 Å². The number of aryl methyl sites for hydroxylation is 1. The Bertz CT molecular complexity index is 899. The molecule has 3 aromatic rings. The van der Waals surface area contributed by atoms with Crippen LogP contribution in [0.15, 0.2) is 42.5 Å². The van der Waals surface area contributed by atoms with Crippen LogP contribution < -0.4 is 0 Å². The van der Waals surface area contributed by atoms with Crippen molar-refractivity contribution in [2.75, 3.05) is 0 Å². The molecule has 0 amide bonds. The summed E-state index contributed by atoms with van der Waals surface area (Å²) in [7, 11) is 0. The van der Waals surface area contributed by atoms with Crippen molar-refractivity contribution in [1.29, 1.82) is 0 Å². The second kappa shape index (κ2) is 3.90. The Morgan fingerprint density at radius 2 is 1.75 bits per heavy atom. The first-order valence-corrected chi connectivity index (χ1v) is 6.78.